The lowest BCUT2D eigenvalue weighted by Gasteiger charge is -2.46. The van der Waals surface area contributed by atoms with Crippen molar-refractivity contribution >= 4 is 23.8 Å². The van der Waals surface area contributed by atoms with E-state index >= 15 is 0 Å². The zero-order chi connectivity index (χ0) is 24.6. The third kappa shape index (κ3) is 4.01. The highest BCUT2D eigenvalue weighted by molar-refractivity contribution is 5.95. The van der Waals surface area contributed by atoms with E-state index in [0.29, 0.717) is 6.42 Å². The highest BCUT2D eigenvalue weighted by atomic mass is 16.5. The van der Waals surface area contributed by atoms with Crippen LogP contribution >= 0.6 is 0 Å². The monoisotopic (exact) mass is 471 g/mol. The first-order valence-electron chi connectivity index (χ1n) is 11.5. The van der Waals surface area contributed by atoms with Crippen LogP contribution in [-0.2, 0) is 9.53 Å². The summed E-state index contributed by atoms with van der Waals surface area (Å²) < 4.78 is 5.54. The number of hydrogen-bond donors (Lipinski definition) is 2. The van der Waals surface area contributed by atoms with Gasteiger partial charge in [0.05, 0.1) is 0 Å². The third-order valence-corrected chi connectivity index (χ3v) is 6.95. The zero-order valence-corrected chi connectivity index (χ0v) is 19.2. The van der Waals surface area contributed by atoms with Crippen molar-refractivity contribution in [3.63, 3.8) is 0 Å². The van der Waals surface area contributed by atoms with Crippen molar-refractivity contribution in [3.05, 3.63) is 83.6 Å². The fourth-order valence-corrected chi connectivity index (χ4v) is 4.86. The molecule has 0 bridgehead atoms. The Labute approximate surface area is 202 Å². The summed E-state index contributed by atoms with van der Waals surface area (Å²) in [6.07, 6.45) is -0.216. The summed E-state index contributed by atoms with van der Waals surface area (Å²) in [7, 11) is 0. The number of carboxylic acids is 1. The Balaban J connectivity index is 1.22. The first kappa shape index (κ1) is 22.6. The number of amides is 2. The molecule has 178 valence electrons. The molecule has 0 saturated carbocycles. The predicted octanol–water partition coefficient (Wildman–Crippen LogP) is 4.38. The van der Waals surface area contributed by atoms with E-state index in [1.807, 2.05) is 36.4 Å². The molecular formula is C27H25N3O5. The van der Waals surface area contributed by atoms with Gasteiger partial charge < -0.3 is 14.7 Å². The van der Waals surface area contributed by atoms with Crippen LogP contribution in [0.25, 0.3) is 11.1 Å². The van der Waals surface area contributed by atoms with Crippen LogP contribution in [0, 0.1) is 5.41 Å². The molecule has 35 heavy (non-hydrogen) atoms. The Hall–Kier alpha value is -4.20. The maximum absolute atomic E-state index is 12.8. The van der Waals surface area contributed by atoms with E-state index in [1.165, 1.54) is 11.0 Å². The molecule has 0 unspecified atom stereocenters. The number of fused-ring (bicyclic) bond motifs is 3. The number of aliphatic carboxylic acids is 1. The maximum Gasteiger partial charge on any atom is 0.412 e. The van der Waals surface area contributed by atoms with Gasteiger partial charge in [-0.25, -0.2) is 9.78 Å². The van der Waals surface area contributed by atoms with Gasteiger partial charge in [-0.2, -0.15) is 0 Å². The number of ether oxygens (including phenoxy) is 1. The van der Waals surface area contributed by atoms with Crippen LogP contribution in [0.5, 0.6) is 0 Å². The number of carbonyl (C=O) groups is 3. The van der Waals surface area contributed by atoms with E-state index in [4.69, 9.17) is 4.74 Å². The summed E-state index contributed by atoms with van der Waals surface area (Å²) in [5.74, 6) is -1.14. The van der Waals surface area contributed by atoms with Gasteiger partial charge in [0.2, 0.25) is 0 Å². The zero-order valence-electron chi connectivity index (χ0n) is 19.2. The van der Waals surface area contributed by atoms with Gasteiger partial charge in [0.15, 0.2) is 0 Å². The number of carbonyl (C=O) groups excluding carboxylic acids is 2. The van der Waals surface area contributed by atoms with E-state index in [0.717, 1.165) is 22.3 Å². The number of pyridine rings is 1. The first-order chi connectivity index (χ1) is 16.9. The fraction of sp³-hybridized carbons (Fsp3) is 0.259. The number of anilines is 1. The molecule has 2 aromatic carbocycles. The SMILES string of the molecule is CCC1(C(=O)O)CN(C(=O)c2cccc(NC(=O)OCC3c4ccccc4-c4ccccc43)n2)C1. The highest BCUT2D eigenvalue weighted by Gasteiger charge is 2.50. The van der Waals surface area contributed by atoms with Crippen molar-refractivity contribution < 1.29 is 24.2 Å². The summed E-state index contributed by atoms with van der Waals surface area (Å²) in [6, 6.07) is 20.9. The average molecular weight is 472 g/mol. The molecule has 1 aliphatic heterocycles. The number of benzene rings is 2. The minimum absolute atomic E-state index is 0.0616. The lowest BCUT2D eigenvalue weighted by molar-refractivity contribution is -0.158. The van der Waals surface area contributed by atoms with E-state index in [9.17, 15) is 19.5 Å². The summed E-state index contributed by atoms with van der Waals surface area (Å²) in [5.41, 5.74) is 3.76. The molecule has 1 fully saturated rings. The van der Waals surface area contributed by atoms with Gasteiger partial charge in [-0.15, -0.1) is 0 Å². The van der Waals surface area contributed by atoms with Crippen molar-refractivity contribution in [2.45, 2.75) is 19.3 Å². The number of nitrogens with zero attached hydrogens (tertiary/aromatic N) is 2. The van der Waals surface area contributed by atoms with Gasteiger partial charge in [-0.3, -0.25) is 14.9 Å². The van der Waals surface area contributed by atoms with Crippen molar-refractivity contribution in [1.82, 2.24) is 9.88 Å². The summed E-state index contributed by atoms with van der Waals surface area (Å²) in [4.78, 5) is 42.5. The molecule has 8 heteroatoms. The van der Waals surface area contributed by atoms with Gasteiger partial charge in [-0.05, 0) is 40.8 Å². The third-order valence-electron chi connectivity index (χ3n) is 6.95. The Bertz CT molecular complexity index is 1270. The molecule has 2 aliphatic rings. The summed E-state index contributed by atoms with van der Waals surface area (Å²) in [6.45, 7) is 2.25. The van der Waals surface area contributed by atoms with Gasteiger partial charge >= 0.3 is 12.1 Å². The number of nitrogens with one attached hydrogen (secondary N) is 1. The summed E-state index contributed by atoms with van der Waals surface area (Å²) in [5, 5.41) is 12.0. The molecule has 2 amide bonds. The number of aromatic nitrogens is 1. The van der Waals surface area contributed by atoms with Crippen LogP contribution in [0.2, 0.25) is 0 Å². The number of likely N-dealkylation sites (tertiary alicyclic amines) is 1. The van der Waals surface area contributed by atoms with Crippen LogP contribution in [0.3, 0.4) is 0 Å². The second-order valence-electron chi connectivity index (χ2n) is 8.96. The van der Waals surface area contributed by atoms with Crippen LogP contribution < -0.4 is 5.32 Å². The molecule has 1 saturated heterocycles. The number of carboxylic acid groups (broad SMARTS) is 1. The normalized spacial score (nSPS) is 15.5. The minimum Gasteiger partial charge on any atom is -0.481 e. The molecule has 0 atom stereocenters. The van der Waals surface area contributed by atoms with Crippen molar-refractivity contribution in [1.29, 1.82) is 0 Å². The molecule has 2 heterocycles. The van der Waals surface area contributed by atoms with Crippen LogP contribution in [0.4, 0.5) is 10.6 Å². The summed E-state index contributed by atoms with van der Waals surface area (Å²) >= 11 is 0. The highest BCUT2D eigenvalue weighted by Crippen LogP contribution is 2.44. The van der Waals surface area contributed by atoms with Gasteiger partial charge in [0, 0.05) is 19.0 Å². The van der Waals surface area contributed by atoms with E-state index in [-0.39, 0.29) is 43.0 Å². The molecule has 0 radical (unpaired) electrons. The van der Waals surface area contributed by atoms with Gasteiger partial charge in [-0.1, -0.05) is 61.5 Å². The minimum atomic E-state index is -0.900. The number of rotatable bonds is 6. The van der Waals surface area contributed by atoms with Crippen molar-refractivity contribution in [2.75, 3.05) is 25.0 Å². The second kappa shape index (κ2) is 8.87. The topological polar surface area (TPSA) is 109 Å². The van der Waals surface area contributed by atoms with E-state index in [1.54, 1.807) is 19.1 Å². The lowest BCUT2D eigenvalue weighted by atomic mass is 9.77. The average Bonchev–Trinajstić information content (AvgIpc) is 3.16. The largest absolute Gasteiger partial charge is 0.481 e. The quantitative estimate of drug-likeness (QED) is 0.552. The van der Waals surface area contributed by atoms with Crippen molar-refractivity contribution in [2.24, 2.45) is 5.41 Å². The molecule has 5 rings (SSSR count). The number of hydrogen-bond acceptors (Lipinski definition) is 5. The molecule has 8 nitrogen and oxygen atoms in total. The molecule has 3 aromatic rings. The van der Waals surface area contributed by atoms with Gasteiger partial charge in [0.25, 0.3) is 5.91 Å². The maximum atomic E-state index is 12.8. The fourth-order valence-electron chi connectivity index (χ4n) is 4.86. The van der Waals surface area contributed by atoms with Gasteiger partial charge in [0.1, 0.15) is 23.5 Å². The Kier molecular flexibility index (Phi) is 5.72. The van der Waals surface area contributed by atoms with E-state index in [2.05, 4.69) is 22.4 Å². The second-order valence-corrected chi connectivity index (χ2v) is 8.96. The molecular weight excluding hydrogens is 446 g/mol. The van der Waals surface area contributed by atoms with Crippen molar-refractivity contribution in [3.8, 4) is 11.1 Å². The van der Waals surface area contributed by atoms with E-state index < -0.39 is 17.5 Å². The van der Waals surface area contributed by atoms with Crippen LogP contribution in [0.1, 0.15) is 40.9 Å². The molecule has 2 N–H and O–H groups in total. The standard InChI is InChI=1S/C27H25N3O5/c1-2-27(25(32)33)15-30(16-27)24(31)22-12-7-13-23(28-22)29-26(34)35-14-21-19-10-5-3-8-17(19)18-9-4-6-11-20(18)21/h3-13,21H,2,14-16H2,1H3,(H,32,33)(H,28,29,34). The van der Waals surface area contributed by atoms with Crippen LogP contribution in [0.15, 0.2) is 66.7 Å². The predicted molar refractivity (Wildman–Crippen MR) is 129 cm³/mol. The molecule has 1 aromatic heterocycles. The van der Waals surface area contributed by atoms with Crippen LogP contribution in [-0.4, -0.2) is 52.7 Å². The molecule has 1 aliphatic carbocycles. The Morgan fingerprint density at radius 2 is 1.63 bits per heavy atom. The first-order valence-corrected chi connectivity index (χ1v) is 11.5. The smallest absolute Gasteiger partial charge is 0.412 e. The Morgan fingerprint density at radius 3 is 2.23 bits per heavy atom. The molecule has 0 spiro atoms. The Morgan fingerprint density at radius 1 is 1.00 bits per heavy atom. The lowest BCUT2D eigenvalue weighted by Crippen LogP contribution is -2.61.